The summed E-state index contributed by atoms with van der Waals surface area (Å²) in [6, 6.07) is 11.0. The topological polar surface area (TPSA) is 23.8 Å². The lowest BCUT2D eigenvalue weighted by atomic mass is 9.97. The van der Waals surface area contributed by atoms with E-state index in [0.29, 0.717) is 5.39 Å². The van der Waals surface area contributed by atoms with Gasteiger partial charge in [-0.25, -0.2) is 0 Å². The van der Waals surface area contributed by atoms with Crippen LogP contribution in [0, 0.1) is 11.3 Å². The number of nitriles is 1. The first-order chi connectivity index (χ1) is 8.04. The van der Waals surface area contributed by atoms with Gasteiger partial charge in [0.15, 0.2) is 0 Å². The molecule has 0 radical (unpaired) electrons. The quantitative estimate of drug-likeness (QED) is 0.734. The minimum absolute atomic E-state index is 0.0266. The first-order valence-corrected chi connectivity index (χ1v) is 4.99. The lowest BCUT2D eigenvalue weighted by Gasteiger charge is -2.14. The number of halogens is 3. The summed E-state index contributed by atoms with van der Waals surface area (Å²) in [6.45, 7) is 0. The lowest BCUT2D eigenvalue weighted by Crippen LogP contribution is -2.09. The minimum atomic E-state index is -4.44. The van der Waals surface area contributed by atoms with Crippen LogP contribution in [0.4, 0.5) is 13.2 Å². The molecular formula is C13H8F3N. The highest BCUT2D eigenvalue weighted by molar-refractivity contribution is 5.87. The first-order valence-electron chi connectivity index (χ1n) is 4.99. The van der Waals surface area contributed by atoms with Gasteiger partial charge in [-0.15, -0.1) is 0 Å². The molecule has 0 heterocycles. The Morgan fingerprint density at radius 3 is 2.41 bits per heavy atom. The maximum absolute atomic E-state index is 13.0. The molecule has 0 unspecified atom stereocenters. The summed E-state index contributed by atoms with van der Waals surface area (Å²) in [6.07, 6.45) is -4.67. The summed E-state index contributed by atoms with van der Waals surface area (Å²) in [4.78, 5) is 0. The second-order valence-electron chi connectivity index (χ2n) is 3.65. The largest absolute Gasteiger partial charge is 0.417 e. The smallest absolute Gasteiger partial charge is 0.198 e. The molecule has 2 rings (SSSR count). The Bertz CT molecular complexity index is 594. The van der Waals surface area contributed by atoms with Crippen LogP contribution < -0.4 is 0 Å². The molecule has 4 heteroatoms. The first kappa shape index (κ1) is 11.5. The van der Waals surface area contributed by atoms with Gasteiger partial charge in [0.1, 0.15) is 0 Å². The molecule has 2 aromatic rings. The molecule has 0 spiro atoms. The Balaban J connectivity index is 2.81. The Labute approximate surface area is 96.1 Å². The third kappa shape index (κ3) is 2.09. The van der Waals surface area contributed by atoms with Crippen molar-refractivity contribution in [2.75, 3.05) is 0 Å². The van der Waals surface area contributed by atoms with E-state index in [4.69, 9.17) is 5.26 Å². The molecule has 1 nitrogen and oxygen atoms in total. The summed E-state index contributed by atoms with van der Waals surface area (Å²) in [7, 11) is 0. The van der Waals surface area contributed by atoms with Crippen LogP contribution in [-0.4, -0.2) is 0 Å². The van der Waals surface area contributed by atoms with Crippen molar-refractivity contribution in [1.82, 2.24) is 0 Å². The predicted octanol–water partition coefficient (Wildman–Crippen LogP) is 3.92. The zero-order valence-corrected chi connectivity index (χ0v) is 8.75. The van der Waals surface area contributed by atoms with Crippen molar-refractivity contribution in [3.05, 3.63) is 47.5 Å². The van der Waals surface area contributed by atoms with Crippen LogP contribution in [0.25, 0.3) is 10.8 Å². The van der Waals surface area contributed by atoms with Gasteiger partial charge in [-0.1, -0.05) is 36.4 Å². The van der Waals surface area contributed by atoms with Crippen LogP contribution in [0.15, 0.2) is 36.4 Å². The standard InChI is InChI=1S/C13H8F3N/c14-13(15,16)12-10(7-8-17)6-5-9-3-1-2-4-11(9)12/h1-6H,7H2. The molecule has 0 aliphatic carbocycles. The number of benzene rings is 2. The predicted molar refractivity (Wildman–Crippen MR) is 58.3 cm³/mol. The van der Waals surface area contributed by atoms with Crippen LogP contribution in [0.3, 0.4) is 0 Å². The van der Waals surface area contributed by atoms with Gasteiger partial charge >= 0.3 is 6.18 Å². The molecule has 86 valence electrons. The molecule has 0 fully saturated rings. The number of nitrogens with zero attached hydrogens (tertiary/aromatic N) is 1. The number of rotatable bonds is 1. The van der Waals surface area contributed by atoms with Crippen molar-refractivity contribution in [1.29, 1.82) is 5.26 Å². The molecule has 0 amide bonds. The summed E-state index contributed by atoms with van der Waals surface area (Å²) >= 11 is 0. The van der Waals surface area contributed by atoms with E-state index in [0.717, 1.165) is 0 Å². The van der Waals surface area contributed by atoms with Crippen LogP contribution in [0.2, 0.25) is 0 Å². The lowest BCUT2D eigenvalue weighted by molar-refractivity contribution is -0.136. The molecule has 0 atom stereocenters. The Kier molecular flexibility index (Phi) is 2.76. The van der Waals surface area contributed by atoms with Crippen LogP contribution in [0.1, 0.15) is 11.1 Å². The van der Waals surface area contributed by atoms with Crippen molar-refractivity contribution < 1.29 is 13.2 Å². The average Bonchev–Trinajstić information content (AvgIpc) is 2.27. The SMILES string of the molecule is N#CCc1ccc2ccccc2c1C(F)(F)F. The van der Waals surface area contributed by atoms with Gasteiger partial charge < -0.3 is 0 Å². The van der Waals surface area contributed by atoms with Gasteiger partial charge in [0.05, 0.1) is 18.1 Å². The fourth-order valence-electron chi connectivity index (χ4n) is 1.88. The Morgan fingerprint density at radius 2 is 1.76 bits per heavy atom. The van der Waals surface area contributed by atoms with Crippen molar-refractivity contribution in [3.63, 3.8) is 0 Å². The van der Waals surface area contributed by atoms with Gasteiger partial charge in [0, 0.05) is 0 Å². The molecule has 0 aliphatic heterocycles. The number of hydrogen-bond acceptors (Lipinski definition) is 1. The van der Waals surface area contributed by atoms with E-state index >= 15 is 0 Å². The van der Waals surface area contributed by atoms with E-state index in [-0.39, 0.29) is 17.4 Å². The van der Waals surface area contributed by atoms with E-state index in [9.17, 15) is 13.2 Å². The maximum atomic E-state index is 13.0. The molecule has 0 aromatic heterocycles. The van der Waals surface area contributed by atoms with Gasteiger partial charge in [-0.3, -0.25) is 0 Å². The van der Waals surface area contributed by atoms with Crippen LogP contribution in [0.5, 0.6) is 0 Å². The Hall–Kier alpha value is -2.02. The van der Waals surface area contributed by atoms with E-state index in [2.05, 4.69) is 0 Å². The van der Waals surface area contributed by atoms with Crippen LogP contribution in [-0.2, 0) is 12.6 Å². The molecule has 0 saturated heterocycles. The highest BCUT2D eigenvalue weighted by Gasteiger charge is 2.35. The molecule has 2 aromatic carbocycles. The molecule has 17 heavy (non-hydrogen) atoms. The van der Waals surface area contributed by atoms with Gasteiger partial charge in [0.2, 0.25) is 0 Å². The third-order valence-corrected chi connectivity index (χ3v) is 2.57. The second-order valence-corrected chi connectivity index (χ2v) is 3.65. The number of fused-ring (bicyclic) bond motifs is 1. The van der Waals surface area contributed by atoms with Crippen LogP contribution >= 0.6 is 0 Å². The maximum Gasteiger partial charge on any atom is 0.417 e. The van der Waals surface area contributed by atoms with Crippen molar-refractivity contribution in [3.8, 4) is 6.07 Å². The molecule has 0 saturated carbocycles. The van der Waals surface area contributed by atoms with Crippen molar-refractivity contribution in [2.45, 2.75) is 12.6 Å². The van der Waals surface area contributed by atoms with E-state index in [1.807, 2.05) is 0 Å². The summed E-state index contributed by atoms with van der Waals surface area (Å²) in [5, 5.41) is 9.24. The second kappa shape index (κ2) is 4.10. The normalized spacial score (nSPS) is 11.4. The summed E-state index contributed by atoms with van der Waals surface area (Å²) in [5.74, 6) is 0. The average molecular weight is 235 g/mol. The van der Waals surface area contributed by atoms with E-state index < -0.39 is 11.7 Å². The highest BCUT2D eigenvalue weighted by Crippen LogP contribution is 2.37. The zero-order valence-electron chi connectivity index (χ0n) is 8.75. The van der Waals surface area contributed by atoms with E-state index in [1.54, 1.807) is 30.3 Å². The third-order valence-electron chi connectivity index (χ3n) is 2.57. The fourth-order valence-corrected chi connectivity index (χ4v) is 1.88. The van der Waals surface area contributed by atoms with Gasteiger partial charge in [-0.2, -0.15) is 18.4 Å². The summed E-state index contributed by atoms with van der Waals surface area (Å²) < 4.78 is 39.0. The summed E-state index contributed by atoms with van der Waals surface area (Å²) in [5.41, 5.74) is -0.671. The molecule has 0 N–H and O–H groups in total. The van der Waals surface area contributed by atoms with E-state index in [1.165, 1.54) is 12.1 Å². The van der Waals surface area contributed by atoms with Crippen molar-refractivity contribution >= 4 is 10.8 Å². The van der Waals surface area contributed by atoms with Gasteiger partial charge in [0.25, 0.3) is 0 Å². The fraction of sp³-hybridized carbons (Fsp3) is 0.154. The van der Waals surface area contributed by atoms with Gasteiger partial charge in [-0.05, 0) is 16.3 Å². The zero-order chi connectivity index (χ0) is 12.5. The number of alkyl halides is 3. The van der Waals surface area contributed by atoms with Crippen molar-refractivity contribution in [2.24, 2.45) is 0 Å². The highest BCUT2D eigenvalue weighted by atomic mass is 19.4. The minimum Gasteiger partial charge on any atom is -0.198 e. The monoisotopic (exact) mass is 235 g/mol. The molecule has 0 bridgehead atoms. The molecule has 0 aliphatic rings. The number of hydrogen-bond donors (Lipinski definition) is 0. The Morgan fingerprint density at radius 1 is 1.06 bits per heavy atom. The molecular weight excluding hydrogens is 227 g/mol.